The number of hydrogen-bond donors (Lipinski definition) is 0. The van der Waals surface area contributed by atoms with Gasteiger partial charge < -0.3 is 9.47 Å². The highest BCUT2D eigenvalue weighted by Gasteiger charge is 2.20. The van der Waals surface area contributed by atoms with Crippen LogP contribution in [0, 0.1) is 5.92 Å². The Kier molecular flexibility index (Phi) is 6.71. The van der Waals surface area contributed by atoms with Gasteiger partial charge in [-0.2, -0.15) is 0 Å². The third kappa shape index (κ3) is 4.48. The van der Waals surface area contributed by atoms with Gasteiger partial charge in [-0.25, -0.2) is 0 Å². The summed E-state index contributed by atoms with van der Waals surface area (Å²) in [4.78, 5) is 2.41. The van der Waals surface area contributed by atoms with Crippen molar-refractivity contribution in [1.29, 1.82) is 0 Å². The Morgan fingerprint density at radius 3 is 2.61 bits per heavy atom. The van der Waals surface area contributed by atoms with Crippen molar-refractivity contribution in [3.05, 3.63) is 143 Å². The molecule has 1 atom stereocenters. The van der Waals surface area contributed by atoms with Gasteiger partial charge in [-0.15, -0.1) is 6.58 Å². The van der Waals surface area contributed by atoms with E-state index in [0.717, 1.165) is 25.7 Å². The largest absolute Gasteiger partial charge is 0.317 e. The van der Waals surface area contributed by atoms with Gasteiger partial charge in [0.2, 0.25) is 0 Å². The van der Waals surface area contributed by atoms with Crippen molar-refractivity contribution < 1.29 is 0 Å². The number of allylic oxidation sites excluding steroid dienone is 6. The fourth-order valence-corrected chi connectivity index (χ4v) is 5.85. The molecular formula is C36H34N2. The molecule has 0 bridgehead atoms. The van der Waals surface area contributed by atoms with Gasteiger partial charge in [-0.1, -0.05) is 85.8 Å². The lowest BCUT2D eigenvalue weighted by Crippen LogP contribution is -2.33. The van der Waals surface area contributed by atoms with E-state index in [4.69, 9.17) is 0 Å². The summed E-state index contributed by atoms with van der Waals surface area (Å²) in [5, 5.41) is 3.78. The summed E-state index contributed by atoms with van der Waals surface area (Å²) in [6.45, 7) is 6.34. The zero-order valence-corrected chi connectivity index (χ0v) is 22.1. The molecule has 38 heavy (non-hydrogen) atoms. The normalized spacial score (nSPS) is 19.1. The fourth-order valence-electron chi connectivity index (χ4n) is 5.85. The van der Waals surface area contributed by atoms with E-state index < -0.39 is 0 Å². The lowest BCUT2D eigenvalue weighted by Gasteiger charge is -2.28. The molecule has 0 fully saturated rings. The number of para-hydroxylation sites is 2. The molecule has 2 heteroatoms. The van der Waals surface area contributed by atoms with Crippen LogP contribution < -0.4 is 15.5 Å². The van der Waals surface area contributed by atoms with Crippen LogP contribution >= 0.6 is 0 Å². The average Bonchev–Trinajstić information content (AvgIpc) is 3.07. The molecule has 6 rings (SSSR count). The number of aromatic nitrogens is 1. The summed E-state index contributed by atoms with van der Waals surface area (Å²) in [6.07, 6.45) is 19.7. The Bertz CT molecular complexity index is 1700. The molecule has 0 spiro atoms. The fraction of sp³-hybridized carbons (Fsp3) is 0.167. The molecule has 0 radical (unpaired) electrons. The van der Waals surface area contributed by atoms with Gasteiger partial charge in [0.1, 0.15) is 0 Å². The first-order chi connectivity index (χ1) is 18.7. The zero-order chi connectivity index (χ0) is 25.9. The zero-order valence-electron chi connectivity index (χ0n) is 22.1. The SMILES string of the molecule is C=CCc1cccc(-n2c3/c(c4ccccc42)=C/N(c2ccccc2)C2=C(CC=CC=C2)C(C)CC/C=3)c1. The van der Waals surface area contributed by atoms with Crippen molar-refractivity contribution in [2.45, 2.75) is 32.6 Å². The third-order valence-electron chi connectivity index (χ3n) is 7.75. The van der Waals surface area contributed by atoms with Crippen molar-refractivity contribution in [3.8, 4) is 5.69 Å². The minimum absolute atomic E-state index is 0.476. The van der Waals surface area contributed by atoms with E-state index in [2.05, 4.69) is 138 Å². The lowest BCUT2D eigenvalue weighted by molar-refractivity contribution is 0.612. The van der Waals surface area contributed by atoms with E-state index >= 15 is 0 Å². The Morgan fingerprint density at radius 1 is 0.921 bits per heavy atom. The van der Waals surface area contributed by atoms with E-state index in [-0.39, 0.29) is 0 Å². The highest BCUT2D eigenvalue weighted by Crippen LogP contribution is 2.32. The van der Waals surface area contributed by atoms with E-state index in [1.165, 1.54) is 49.7 Å². The van der Waals surface area contributed by atoms with Crippen LogP contribution in [0.15, 0.2) is 127 Å². The second-order valence-electron chi connectivity index (χ2n) is 10.2. The van der Waals surface area contributed by atoms with Crippen molar-refractivity contribution >= 4 is 28.9 Å². The standard InChI is InChI=1S/C36H34N2/c1-3-14-28-16-13-19-30(25-28)38-35-23-11-10-21-32(35)33-26-37(29-17-6-4-7-18-29)34-22-9-5-8-20-31(34)27(2)15-12-24-36(33)38/h3-11,13,16-19,21-27H,1,12,14-15,20H2,2H3/b33-26+,36-24-. The highest BCUT2D eigenvalue weighted by molar-refractivity contribution is 5.85. The molecule has 0 N–H and O–H groups in total. The number of rotatable bonds is 4. The maximum atomic E-state index is 3.96. The van der Waals surface area contributed by atoms with Gasteiger partial charge in [0.15, 0.2) is 0 Å². The lowest BCUT2D eigenvalue weighted by atomic mass is 9.91. The molecule has 0 saturated heterocycles. The molecule has 2 heterocycles. The first-order valence-corrected chi connectivity index (χ1v) is 13.7. The summed E-state index contributed by atoms with van der Waals surface area (Å²) in [5.74, 6) is 0.476. The molecule has 2 aliphatic rings. The first-order valence-electron chi connectivity index (χ1n) is 13.7. The van der Waals surface area contributed by atoms with Gasteiger partial charge in [0.05, 0.1) is 10.9 Å². The van der Waals surface area contributed by atoms with Gasteiger partial charge in [-0.05, 0) is 79.1 Å². The van der Waals surface area contributed by atoms with E-state index in [0.29, 0.717) is 5.92 Å². The van der Waals surface area contributed by atoms with Crippen LogP contribution in [0.4, 0.5) is 5.69 Å². The Labute approximate surface area is 225 Å². The average molecular weight is 495 g/mol. The summed E-state index contributed by atoms with van der Waals surface area (Å²) in [6, 6.07) is 28.5. The summed E-state index contributed by atoms with van der Waals surface area (Å²) >= 11 is 0. The van der Waals surface area contributed by atoms with Crippen LogP contribution in [0.1, 0.15) is 31.7 Å². The van der Waals surface area contributed by atoms with Crippen LogP contribution in [-0.2, 0) is 6.42 Å². The van der Waals surface area contributed by atoms with Crippen molar-refractivity contribution in [2.24, 2.45) is 5.92 Å². The molecule has 2 nitrogen and oxygen atoms in total. The number of anilines is 1. The van der Waals surface area contributed by atoms with E-state index in [9.17, 15) is 0 Å². The monoisotopic (exact) mass is 494 g/mol. The van der Waals surface area contributed by atoms with Crippen LogP contribution in [-0.4, -0.2) is 4.57 Å². The quantitative estimate of drug-likeness (QED) is 0.265. The van der Waals surface area contributed by atoms with Crippen LogP contribution in [0.2, 0.25) is 0 Å². The molecule has 1 aliphatic carbocycles. The predicted octanol–water partition coefficient (Wildman–Crippen LogP) is 7.58. The summed E-state index contributed by atoms with van der Waals surface area (Å²) in [5.41, 5.74) is 7.65. The smallest absolute Gasteiger partial charge is 0.0541 e. The first kappa shape index (κ1) is 24.1. The number of hydrogen-bond acceptors (Lipinski definition) is 1. The molecule has 0 amide bonds. The minimum atomic E-state index is 0.476. The van der Waals surface area contributed by atoms with E-state index in [1.54, 1.807) is 0 Å². The van der Waals surface area contributed by atoms with Crippen molar-refractivity contribution in [1.82, 2.24) is 4.57 Å². The molecule has 4 aromatic rings. The molecule has 188 valence electrons. The predicted molar refractivity (Wildman–Crippen MR) is 163 cm³/mol. The summed E-state index contributed by atoms with van der Waals surface area (Å²) < 4.78 is 2.45. The third-order valence-corrected chi connectivity index (χ3v) is 7.75. The Balaban J connectivity index is 1.71. The maximum absolute atomic E-state index is 3.96. The van der Waals surface area contributed by atoms with Crippen molar-refractivity contribution in [2.75, 3.05) is 4.90 Å². The molecule has 3 aromatic carbocycles. The van der Waals surface area contributed by atoms with Crippen molar-refractivity contribution in [3.63, 3.8) is 0 Å². The van der Waals surface area contributed by atoms with Gasteiger partial charge in [0, 0.05) is 33.9 Å². The number of fused-ring (bicyclic) bond motifs is 3. The molecular weight excluding hydrogens is 460 g/mol. The Hall–Kier alpha value is -4.30. The van der Waals surface area contributed by atoms with Crippen LogP contribution in [0.5, 0.6) is 0 Å². The molecule has 1 aromatic heterocycles. The molecule has 1 aliphatic heterocycles. The maximum Gasteiger partial charge on any atom is 0.0541 e. The minimum Gasteiger partial charge on any atom is -0.317 e. The topological polar surface area (TPSA) is 8.17 Å². The van der Waals surface area contributed by atoms with Gasteiger partial charge in [0.25, 0.3) is 0 Å². The molecule has 0 saturated carbocycles. The highest BCUT2D eigenvalue weighted by atomic mass is 15.1. The van der Waals surface area contributed by atoms with Gasteiger partial charge >= 0.3 is 0 Å². The summed E-state index contributed by atoms with van der Waals surface area (Å²) in [7, 11) is 0. The van der Waals surface area contributed by atoms with E-state index in [1.807, 2.05) is 6.08 Å². The van der Waals surface area contributed by atoms with Gasteiger partial charge in [-0.3, -0.25) is 0 Å². The Morgan fingerprint density at radius 2 is 1.74 bits per heavy atom. The molecule has 1 unspecified atom stereocenters. The second-order valence-corrected chi connectivity index (χ2v) is 10.2. The second kappa shape index (κ2) is 10.6. The van der Waals surface area contributed by atoms with Crippen LogP contribution in [0.3, 0.4) is 0 Å². The van der Waals surface area contributed by atoms with Crippen LogP contribution in [0.25, 0.3) is 28.9 Å². The number of nitrogens with zero attached hydrogens (tertiary/aromatic N) is 2. The number of benzene rings is 3.